The minimum Gasteiger partial charge on any atom is -0.484 e. The first-order valence-electron chi connectivity index (χ1n) is 5.71. The van der Waals surface area contributed by atoms with Gasteiger partial charge in [0.1, 0.15) is 17.7 Å². The summed E-state index contributed by atoms with van der Waals surface area (Å²) in [6.07, 6.45) is 3.30. The molecular formula is C13H16FN3O. The molecule has 5 heteroatoms. The molecule has 0 aliphatic heterocycles. The van der Waals surface area contributed by atoms with Crippen molar-refractivity contribution in [2.24, 2.45) is 12.8 Å². The molecule has 2 N–H and O–H groups in total. The molecular weight excluding hydrogens is 233 g/mol. The monoisotopic (exact) mass is 249 g/mol. The Morgan fingerprint density at radius 2 is 2.28 bits per heavy atom. The zero-order chi connectivity index (χ0) is 13.1. The molecule has 1 unspecified atom stereocenters. The highest BCUT2D eigenvalue weighted by molar-refractivity contribution is 5.29. The minimum absolute atomic E-state index is 0.243. The predicted octanol–water partition coefficient (Wildman–Crippen LogP) is 1.95. The summed E-state index contributed by atoms with van der Waals surface area (Å²) in [7, 11) is 1.83. The van der Waals surface area contributed by atoms with Crippen molar-refractivity contribution in [2.45, 2.75) is 13.0 Å². The Kier molecular flexibility index (Phi) is 3.62. The molecule has 1 atom stereocenters. The number of ether oxygens (including phenoxy) is 1. The standard InChI is InChI=1S/C13H16FN3O/c1-9-5-11(3-4-12(9)14)18-13(6-15)10-7-16-17(2)8-10/h3-5,7-8,13H,6,15H2,1-2H3. The van der Waals surface area contributed by atoms with Gasteiger partial charge >= 0.3 is 0 Å². The minimum atomic E-state index is -0.274. The Morgan fingerprint density at radius 3 is 2.83 bits per heavy atom. The van der Waals surface area contributed by atoms with E-state index in [1.807, 2.05) is 13.2 Å². The molecule has 96 valence electrons. The molecule has 4 nitrogen and oxygen atoms in total. The number of nitrogens with zero attached hydrogens (tertiary/aromatic N) is 2. The van der Waals surface area contributed by atoms with Crippen LogP contribution in [0.4, 0.5) is 4.39 Å². The maximum atomic E-state index is 13.2. The van der Waals surface area contributed by atoms with Crippen LogP contribution in [0.15, 0.2) is 30.6 Å². The Morgan fingerprint density at radius 1 is 1.50 bits per heavy atom. The fourth-order valence-corrected chi connectivity index (χ4v) is 1.71. The lowest BCUT2D eigenvalue weighted by atomic mass is 10.2. The zero-order valence-corrected chi connectivity index (χ0v) is 10.4. The van der Waals surface area contributed by atoms with Crippen LogP contribution in [0.2, 0.25) is 0 Å². The second kappa shape index (κ2) is 5.18. The molecule has 0 saturated carbocycles. The van der Waals surface area contributed by atoms with E-state index in [4.69, 9.17) is 10.5 Å². The molecule has 2 aromatic rings. The van der Waals surface area contributed by atoms with Crippen LogP contribution < -0.4 is 10.5 Å². The number of benzene rings is 1. The largest absolute Gasteiger partial charge is 0.484 e. The SMILES string of the molecule is Cc1cc(OC(CN)c2cnn(C)c2)ccc1F. The normalized spacial score (nSPS) is 12.4. The van der Waals surface area contributed by atoms with Crippen LogP contribution in [-0.4, -0.2) is 16.3 Å². The van der Waals surface area contributed by atoms with Gasteiger partial charge in [-0.3, -0.25) is 4.68 Å². The first kappa shape index (κ1) is 12.6. The Hall–Kier alpha value is -1.88. The van der Waals surface area contributed by atoms with Gasteiger partial charge in [-0.15, -0.1) is 0 Å². The maximum absolute atomic E-state index is 13.2. The smallest absolute Gasteiger partial charge is 0.139 e. The van der Waals surface area contributed by atoms with Gasteiger partial charge < -0.3 is 10.5 Å². The second-order valence-corrected chi connectivity index (χ2v) is 4.20. The van der Waals surface area contributed by atoms with Crippen LogP contribution in [-0.2, 0) is 7.05 Å². The first-order valence-corrected chi connectivity index (χ1v) is 5.71. The molecule has 1 aromatic heterocycles. The summed E-state index contributed by atoms with van der Waals surface area (Å²) < 4.78 is 20.6. The summed E-state index contributed by atoms with van der Waals surface area (Å²) in [4.78, 5) is 0. The Bertz CT molecular complexity index is 539. The van der Waals surface area contributed by atoms with E-state index in [9.17, 15) is 4.39 Å². The van der Waals surface area contributed by atoms with Gasteiger partial charge in [0, 0.05) is 25.4 Å². The van der Waals surface area contributed by atoms with E-state index in [0.29, 0.717) is 17.9 Å². The topological polar surface area (TPSA) is 53.1 Å². The zero-order valence-electron chi connectivity index (χ0n) is 10.4. The summed E-state index contributed by atoms with van der Waals surface area (Å²) in [6, 6.07) is 4.65. The summed E-state index contributed by atoms with van der Waals surface area (Å²) in [6.45, 7) is 2.03. The van der Waals surface area contributed by atoms with Crippen LogP contribution in [0.25, 0.3) is 0 Å². The lowest BCUT2D eigenvalue weighted by Gasteiger charge is -2.16. The molecule has 18 heavy (non-hydrogen) atoms. The third-order valence-corrected chi connectivity index (χ3v) is 2.72. The fourth-order valence-electron chi connectivity index (χ4n) is 1.71. The van der Waals surface area contributed by atoms with Crippen LogP contribution in [0.5, 0.6) is 5.75 Å². The van der Waals surface area contributed by atoms with Crippen molar-refractivity contribution in [3.8, 4) is 5.75 Å². The number of hydrogen-bond acceptors (Lipinski definition) is 3. The van der Waals surface area contributed by atoms with Crippen molar-refractivity contribution < 1.29 is 9.13 Å². The molecule has 0 spiro atoms. The average Bonchev–Trinajstić information content (AvgIpc) is 2.77. The van der Waals surface area contributed by atoms with Crippen molar-refractivity contribution in [1.82, 2.24) is 9.78 Å². The van der Waals surface area contributed by atoms with Crippen molar-refractivity contribution in [1.29, 1.82) is 0 Å². The molecule has 0 radical (unpaired) electrons. The van der Waals surface area contributed by atoms with Crippen molar-refractivity contribution >= 4 is 0 Å². The van der Waals surface area contributed by atoms with Crippen molar-refractivity contribution in [3.63, 3.8) is 0 Å². The summed E-state index contributed by atoms with van der Waals surface area (Å²) >= 11 is 0. The van der Waals surface area contributed by atoms with E-state index in [2.05, 4.69) is 5.10 Å². The van der Waals surface area contributed by atoms with Gasteiger partial charge in [-0.2, -0.15) is 5.10 Å². The highest BCUT2D eigenvalue weighted by atomic mass is 19.1. The number of hydrogen-bond donors (Lipinski definition) is 1. The van der Waals surface area contributed by atoms with Crippen LogP contribution in [0.3, 0.4) is 0 Å². The number of aryl methyl sites for hydroxylation is 2. The molecule has 0 aliphatic carbocycles. The molecule has 1 heterocycles. The predicted molar refractivity (Wildman–Crippen MR) is 66.8 cm³/mol. The molecule has 0 bridgehead atoms. The number of rotatable bonds is 4. The van der Waals surface area contributed by atoms with Gasteiger partial charge in [0.2, 0.25) is 0 Å². The first-order chi connectivity index (χ1) is 8.60. The van der Waals surface area contributed by atoms with Gasteiger partial charge in [-0.1, -0.05) is 0 Å². The summed E-state index contributed by atoms with van der Waals surface area (Å²) in [5.74, 6) is 0.362. The van der Waals surface area contributed by atoms with Gasteiger partial charge in [-0.05, 0) is 30.7 Å². The summed E-state index contributed by atoms with van der Waals surface area (Å²) in [5, 5.41) is 4.08. The second-order valence-electron chi connectivity index (χ2n) is 4.20. The van der Waals surface area contributed by atoms with E-state index >= 15 is 0 Å². The highest BCUT2D eigenvalue weighted by Crippen LogP contribution is 2.22. The molecule has 0 fully saturated rings. The quantitative estimate of drug-likeness (QED) is 0.901. The highest BCUT2D eigenvalue weighted by Gasteiger charge is 2.13. The molecule has 0 amide bonds. The van der Waals surface area contributed by atoms with E-state index in [1.165, 1.54) is 6.07 Å². The van der Waals surface area contributed by atoms with Crippen molar-refractivity contribution in [2.75, 3.05) is 6.54 Å². The van der Waals surface area contributed by atoms with Crippen LogP contribution in [0, 0.1) is 12.7 Å². The van der Waals surface area contributed by atoms with Crippen LogP contribution >= 0.6 is 0 Å². The van der Waals surface area contributed by atoms with Crippen LogP contribution in [0.1, 0.15) is 17.2 Å². The molecule has 0 saturated heterocycles. The van der Waals surface area contributed by atoms with Gasteiger partial charge in [0.15, 0.2) is 0 Å². The van der Waals surface area contributed by atoms with E-state index < -0.39 is 0 Å². The molecule has 2 rings (SSSR count). The van der Waals surface area contributed by atoms with E-state index in [-0.39, 0.29) is 11.9 Å². The summed E-state index contributed by atoms with van der Waals surface area (Å²) in [5.41, 5.74) is 7.15. The number of halogens is 1. The van der Waals surface area contributed by atoms with Gasteiger partial charge in [0.05, 0.1) is 6.20 Å². The Balaban J connectivity index is 2.17. The number of nitrogens with two attached hydrogens (primary N) is 1. The third-order valence-electron chi connectivity index (χ3n) is 2.72. The van der Waals surface area contributed by atoms with Crippen molar-refractivity contribution in [3.05, 3.63) is 47.5 Å². The van der Waals surface area contributed by atoms with Gasteiger partial charge in [-0.25, -0.2) is 4.39 Å². The molecule has 0 aliphatic rings. The third kappa shape index (κ3) is 2.68. The van der Waals surface area contributed by atoms with E-state index in [1.54, 1.807) is 29.9 Å². The maximum Gasteiger partial charge on any atom is 0.139 e. The lowest BCUT2D eigenvalue weighted by molar-refractivity contribution is 0.214. The average molecular weight is 249 g/mol. The fraction of sp³-hybridized carbons (Fsp3) is 0.308. The van der Waals surface area contributed by atoms with E-state index in [0.717, 1.165) is 5.56 Å². The number of aromatic nitrogens is 2. The Labute approximate surface area is 105 Å². The van der Waals surface area contributed by atoms with Gasteiger partial charge in [0.25, 0.3) is 0 Å². The molecule has 1 aromatic carbocycles. The lowest BCUT2D eigenvalue weighted by Crippen LogP contribution is -2.18.